The van der Waals surface area contributed by atoms with E-state index in [-0.39, 0.29) is 10.5 Å². The molecule has 8 heteroatoms. The second kappa shape index (κ2) is 8.87. The molecule has 0 unspecified atom stereocenters. The third-order valence-electron chi connectivity index (χ3n) is 4.17. The number of rotatable bonds is 6. The van der Waals surface area contributed by atoms with Gasteiger partial charge in [0, 0.05) is 17.5 Å². The maximum atomic E-state index is 13.1. The first kappa shape index (κ1) is 21.2. The molecule has 154 valence electrons. The Labute approximate surface area is 173 Å². The zero-order valence-electron chi connectivity index (χ0n) is 15.9. The molecule has 6 nitrogen and oxygen atoms in total. The number of anilines is 1. The second-order valence-corrected chi connectivity index (χ2v) is 8.51. The maximum Gasteiger partial charge on any atom is 0.339 e. The summed E-state index contributed by atoms with van der Waals surface area (Å²) in [6.45, 7) is 0. The van der Waals surface area contributed by atoms with Gasteiger partial charge in [0.15, 0.2) is 9.84 Å². The van der Waals surface area contributed by atoms with Crippen LogP contribution in [0.1, 0.15) is 22.0 Å². The van der Waals surface area contributed by atoms with Gasteiger partial charge in [-0.15, -0.1) is 0 Å². The van der Waals surface area contributed by atoms with Crippen LogP contribution in [0.4, 0.5) is 10.1 Å². The van der Waals surface area contributed by atoms with Gasteiger partial charge in [-0.3, -0.25) is 4.79 Å². The summed E-state index contributed by atoms with van der Waals surface area (Å²) in [4.78, 5) is 25.4. The largest absolute Gasteiger partial charge is 0.444 e. The number of esters is 1. The SMILES string of the molecule is CS(=O)(=O)c1cccc(C(=O)O[C@@H](C(=O)Nc2ccc(F)cc2)c2ccccc2)c1. The van der Waals surface area contributed by atoms with Crippen LogP contribution < -0.4 is 5.32 Å². The van der Waals surface area contributed by atoms with Gasteiger partial charge >= 0.3 is 5.97 Å². The molecule has 0 aliphatic carbocycles. The number of halogens is 1. The minimum absolute atomic E-state index is 0.00608. The first-order chi connectivity index (χ1) is 14.2. The molecule has 0 aliphatic rings. The van der Waals surface area contributed by atoms with Crippen LogP contribution in [0.2, 0.25) is 0 Å². The Balaban J connectivity index is 1.87. The van der Waals surface area contributed by atoms with E-state index in [1.807, 2.05) is 0 Å². The molecule has 0 fully saturated rings. The van der Waals surface area contributed by atoms with Crippen molar-refractivity contribution in [3.8, 4) is 0 Å². The molecule has 30 heavy (non-hydrogen) atoms. The number of carbonyl (C=O) groups is 2. The number of hydrogen-bond acceptors (Lipinski definition) is 5. The third kappa shape index (κ3) is 5.30. The summed E-state index contributed by atoms with van der Waals surface area (Å²) in [6.07, 6.45) is -0.272. The van der Waals surface area contributed by atoms with E-state index in [9.17, 15) is 22.4 Å². The lowest BCUT2D eigenvalue weighted by atomic mass is 10.1. The predicted octanol–water partition coefficient (Wildman–Crippen LogP) is 3.77. The summed E-state index contributed by atoms with van der Waals surface area (Å²) < 4.78 is 42.0. The van der Waals surface area contributed by atoms with Gasteiger partial charge in [-0.1, -0.05) is 36.4 Å². The van der Waals surface area contributed by atoms with Gasteiger partial charge in [0.05, 0.1) is 10.5 Å². The molecule has 0 saturated heterocycles. The molecule has 1 atom stereocenters. The van der Waals surface area contributed by atoms with Crippen LogP contribution in [0, 0.1) is 5.82 Å². The standard InChI is InChI=1S/C22H18FNO5S/c1-30(27,28)19-9-5-8-16(14-19)22(26)29-20(15-6-3-2-4-7-15)21(25)24-18-12-10-17(23)11-13-18/h2-14,20H,1H3,(H,24,25)/t20-/m1/s1. The molecule has 0 heterocycles. The topological polar surface area (TPSA) is 89.5 Å². The van der Waals surface area contributed by atoms with Crippen molar-refractivity contribution in [1.29, 1.82) is 0 Å². The molecule has 0 saturated carbocycles. The first-order valence-corrected chi connectivity index (χ1v) is 10.8. The van der Waals surface area contributed by atoms with Crippen LogP contribution in [0.15, 0.2) is 83.8 Å². The van der Waals surface area contributed by atoms with Crippen molar-refractivity contribution in [3.63, 3.8) is 0 Å². The van der Waals surface area contributed by atoms with Gasteiger partial charge in [0.2, 0.25) is 6.10 Å². The molecule has 1 amide bonds. The van der Waals surface area contributed by atoms with Crippen LogP contribution in [-0.4, -0.2) is 26.6 Å². The van der Waals surface area contributed by atoms with Crippen LogP contribution in [-0.2, 0) is 19.4 Å². The summed E-state index contributed by atoms with van der Waals surface area (Å²) in [5.74, 6) is -1.95. The van der Waals surface area contributed by atoms with E-state index in [1.54, 1.807) is 30.3 Å². The van der Waals surface area contributed by atoms with E-state index in [4.69, 9.17) is 4.74 Å². The molecule has 0 bridgehead atoms. The average molecular weight is 427 g/mol. The number of benzene rings is 3. The average Bonchev–Trinajstić information content (AvgIpc) is 2.73. The van der Waals surface area contributed by atoms with Crippen molar-refractivity contribution in [1.82, 2.24) is 0 Å². The molecule has 3 rings (SSSR count). The van der Waals surface area contributed by atoms with Gasteiger partial charge in [0.25, 0.3) is 5.91 Å². The summed E-state index contributed by atoms with van der Waals surface area (Å²) in [7, 11) is -3.52. The van der Waals surface area contributed by atoms with Gasteiger partial charge in [-0.25, -0.2) is 17.6 Å². The lowest BCUT2D eigenvalue weighted by molar-refractivity contribution is -0.125. The highest BCUT2D eigenvalue weighted by Crippen LogP contribution is 2.23. The highest BCUT2D eigenvalue weighted by molar-refractivity contribution is 7.90. The number of nitrogens with one attached hydrogen (secondary N) is 1. The molecule has 0 spiro atoms. The Kier molecular flexibility index (Phi) is 6.27. The minimum Gasteiger partial charge on any atom is -0.444 e. The van der Waals surface area contributed by atoms with E-state index in [0.29, 0.717) is 11.3 Å². The lowest BCUT2D eigenvalue weighted by Crippen LogP contribution is -2.26. The molecule has 3 aromatic carbocycles. The quantitative estimate of drug-likeness (QED) is 0.605. The van der Waals surface area contributed by atoms with Crippen molar-refractivity contribution >= 4 is 27.4 Å². The van der Waals surface area contributed by atoms with Crippen molar-refractivity contribution in [2.45, 2.75) is 11.0 Å². The van der Waals surface area contributed by atoms with Gasteiger partial charge in [0.1, 0.15) is 5.82 Å². The summed E-state index contributed by atoms with van der Waals surface area (Å²) in [6, 6.07) is 18.9. The number of carbonyl (C=O) groups excluding carboxylic acids is 2. The van der Waals surface area contributed by atoms with E-state index >= 15 is 0 Å². The monoisotopic (exact) mass is 427 g/mol. The smallest absolute Gasteiger partial charge is 0.339 e. The lowest BCUT2D eigenvalue weighted by Gasteiger charge is -2.18. The minimum atomic E-state index is -3.52. The predicted molar refractivity (Wildman–Crippen MR) is 109 cm³/mol. The van der Waals surface area contributed by atoms with Crippen LogP contribution in [0.5, 0.6) is 0 Å². The first-order valence-electron chi connectivity index (χ1n) is 8.86. The Hall–Kier alpha value is -3.52. The molecule has 3 aromatic rings. The van der Waals surface area contributed by atoms with Crippen molar-refractivity contribution in [2.75, 3.05) is 11.6 Å². The van der Waals surface area contributed by atoms with E-state index in [0.717, 1.165) is 6.26 Å². The highest BCUT2D eigenvalue weighted by atomic mass is 32.2. The number of hydrogen-bond donors (Lipinski definition) is 1. The fourth-order valence-electron chi connectivity index (χ4n) is 2.67. The van der Waals surface area contributed by atoms with Crippen molar-refractivity contribution in [2.24, 2.45) is 0 Å². The van der Waals surface area contributed by atoms with Gasteiger partial charge in [-0.05, 0) is 42.5 Å². The molecule has 0 aliphatic heterocycles. The normalized spacial score (nSPS) is 12.1. The third-order valence-corrected chi connectivity index (χ3v) is 5.29. The van der Waals surface area contributed by atoms with Gasteiger partial charge < -0.3 is 10.1 Å². The highest BCUT2D eigenvalue weighted by Gasteiger charge is 2.26. The van der Waals surface area contributed by atoms with E-state index in [2.05, 4.69) is 5.32 Å². The number of amides is 1. The molecule has 0 aromatic heterocycles. The Morgan fingerprint density at radius 1 is 0.933 bits per heavy atom. The van der Waals surface area contributed by atoms with Crippen molar-refractivity contribution < 1.29 is 27.1 Å². The second-order valence-electron chi connectivity index (χ2n) is 6.49. The Bertz CT molecular complexity index is 1160. The van der Waals surface area contributed by atoms with Crippen molar-refractivity contribution in [3.05, 3.63) is 95.8 Å². The zero-order chi connectivity index (χ0) is 21.7. The maximum absolute atomic E-state index is 13.1. The number of ether oxygens (including phenoxy) is 1. The van der Waals surface area contributed by atoms with E-state index < -0.39 is 33.6 Å². The fraction of sp³-hybridized carbons (Fsp3) is 0.0909. The Morgan fingerprint density at radius 3 is 2.23 bits per heavy atom. The molecule has 0 radical (unpaired) electrons. The Morgan fingerprint density at radius 2 is 1.60 bits per heavy atom. The fourth-order valence-corrected chi connectivity index (χ4v) is 3.34. The number of sulfone groups is 1. The summed E-state index contributed by atoms with van der Waals surface area (Å²) in [5, 5.41) is 2.58. The molecular formula is C22H18FNO5S. The van der Waals surface area contributed by atoms with Crippen LogP contribution in [0.25, 0.3) is 0 Å². The summed E-state index contributed by atoms with van der Waals surface area (Å²) >= 11 is 0. The molecule has 1 N–H and O–H groups in total. The zero-order valence-corrected chi connectivity index (χ0v) is 16.7. The van der Waals surface area contributed by atoms with E-state index in [1.165, 1.54) is 48.5 Å². The molecular weight excluding hydrogens is 409 g/mol. The van der Waals surface area contributed by atoms with Crippen LogP contribution in [0.3, 0.4) is 0 Å². The van der Waals surface area contributed by atoms with Crippen LogP contribution >= 0.6 is 0 Å². The summed E-state index contributed by atoms with van der Waals surface area (Å²) in [5.41, 5.74) is 0.746. The van der Waals surface area contributed by atoms with Gasteiger partial charge in [-0.2, -0.15) is 0 Å².